The van der Waals surface area contributed by atoms with Gasteiger partial charge in [-0.2, -0.15) is 0 Å². The molecule has 1 N–H and O–H groups in total. The number of hydrogen-bond donors (Lipinski definition) is 1. The summed E-state index contributed by atoms with van der Waals surface area (Å²) in [4.78, 5) is 0. The van der Waals surface area contributed by atoms with Crippen LogP contribution in [0.3, 0.4) is 0 Å². The Kier molecular flexibility index (Phi) is 4.79. The summed E-state index contributed by atoms with van der Waals surface area (Å²) in [5.41, 5.74) is 1.20. The predicted octanol–water partition coefficient (Wildman–Crippen LogP) is 4.15. The molecular weight excluding hydrogens is 293 g/mol. The third kappa shape index (κ3) is 3.55. The summed E-state index contributed by atoms with van der Waals surface area (Å²) in [5.74, 6) is 1.44. The van der Waals surface area contributed by atoms with Gasteiger partial charge in [-0.3, -0.25) is 0 Å². The number of halogens is 2. The van der Waals surface area contributed by atoms with Gasteiger partial charge in [0.05, 0.1) is 4.47 Å². The Morgan fingerprint density at radius 2 is 2.22 bits per heavy atom. The summed E-state index contributed by atoms with van der Waals surface area (Å²) < 4.78 is 13.8. The van der Waals surface area contributed by atoms with E-state index in [0.717, 1.165) is 31.2 Å². The van der Waals surface area contributed by atoms with E-state index in [1.54, 1.807) is 6.07 Å². The van der Waals surface area contributed by atoms with Gasteiger partial charge in [0.2, 0.25) is 0 Å². The van der Waals surface area contributed by atoms with Gasteiger partial charge in [0.15, 0.2) is 0 Å². The number of hydrogen-bond acceptors (Lipinski definition) is 1. The fraction of sp³-hybridized carbons (Fsp3) is 0.600. The average Bonchev–Trinajstić information content (AvgIpc) is 3.06. The fourth-order valence-electron chi connectivity index (χ4n) is 2.54. The number of benzene rings is 1. The lowest BCUT2D eigenvalue weighted by molar-refractivity contribution is 0.443. The highest BCUT2D eigenvalue weighted by atomic mass is 79.9. The van der Waals surface area contributed by atoms with E-state index in [1.165, 1.54) is 12.0 Å². The largest absolute Gasteiger partial charge is 0.313 e. The lowest BCUT2D eigenvalue weighted by Crippen LogP contribution is -2.34. The molecule has 1 nitrogen and oxygen atoms in total. The molecule has 1 aromatic rings. The molecule has 100 valence electrons. The quantitative estimate of drug-likeness (QED) is 0.831. The second-order valence-electron chi connectivity index (χ2n) is 5.39. The zero-order valence-electron chi connectivity index (χ0n) is 11.0. The van der Waals surface area contributed by atoms with Crippen LogP contribution in [0.4, 0.5) is 4.39 Å². The molecule has 1 aromatic carbocycles. The summed E-state index contributed by atoms with van der Waals surface area (Å²) in [6.45, 7) is 5.57. The van der Waals surface area contributed by atoms with Crippen molar-refractivity contribution < 1.29 is 4.39 Å². The van der Waals surface area contributed by atoms with Crippen LogP contribution in [-0.4, -0.2) is 12.6 Å². The van der Waals surface area contributed by atoms with Gasteiger partial charge in [-0.15, -0.1) is 0 Å². The number of rotatable bonds is 6. The van der Waals surface area contributed by atoms with Crippen molar-refractivity contribution in [2.75, 3.05) is 6.54 Å². The van der Waals surface area contributed by atoms with E-state index in [9.17, 15) is 4.39 Å². The Balaban J connectivity index is 2.00. The average molecular weight is 314 g/mol. The minimum absolute atomic E-state index is 0.184. The standard InChI is InChI=1S/C15H21BrFN/c1-3-6-18-15(12-7-10(12)2)9-11-4-5-14(17)13(16)8-11/h4-5,8,10,12,15,18H,3,6-7,9H2,1-2H3. The maximum Gasteiger partial charge on any atom is 0.137 e. The molecule has 0 radical (unpaired) electrons. The van der Waals surface area contributed by atoms with Crippen molar-refractivity contribution in [2.24, 2.45) is 11.8 Å². The third-order valence-electron chi connectivity index (χ3n) is 3.78. The zero-order chi connectivity index (χ0) is 13.1. The minimum atomic E-state index is -0.184. The van der Waals surface area contributed by atoms with Crippen LogP contribution < -0.4 is 5.32 Å². The Morgan fingerprint density at radius 1 is 1.50 bits per heavy atom. The topological polar surface area (TPSA) is 12.0 Å². The first-order valence-electron chi connectivity index (χ1n) is 6.79. The molecule has 3 atom stereocenters. The first-order chi connectivity index (χ1) is 8.61. The lowest BCUT2D eigenvalue weighted by Gasteiger charge is -2.19. The molecule has 1 fully saturated rings. The Morgan fingerprint density at radius 3 is 2.78 bits per heavy atom. The molecule has 0 amide bonds. The Hall–Kier alpha value is -0.410. The van der Waals surface area contributed by atoms with Crippen molar-refractivity contribution in [2.45, 2.75) is 39.2 Å². The molecular formula is C15H21BrFN. The molecule has 0 saturated heterocycles. The van der Waals surface area contributed by atoms with Crippen LogP contribution in [0.2, 0.25) is 0 Å². The maximum absolute atomic E-state index is 13.2. The van der Waals surface area contributed by atoms with Gasteiger partial charge in [-0.25, -0.2) is 4.39 Å². The molecule has 1 aliphatic rings. The van der Waals surface area contributed by atoms with Crippen LogP contribution in [0.5, 0.6) is 0 Å². The van der Waals surface area contributed by atoms with E-state index in [0.29, 0.717) is 10.5 Å². The summed E-state index contributed by atoms with van der Waals surface area (Å²) >= 11 is 3.26. The maximum atomic E-state index is 13.2. The highest BCUT2D eigenvalue weighted by Crippen LogP contribution is 2.41. The molecule has 0 heterocycles. The van der Waals surface area contributed by atoms with Crippen LogP contribution in [-0.2, 0) is 6.42 Å². The molecule has 0 aliphatic heterocycles. The van der Waals surface area contributed by atoms with Crippen molar-refractivity contribution in [1.29, 1.82) is 0 Å². The van der Waals surface area contributed by atoms with Crippen molar-refractivity contribution in [3.63, 3.8) is 0 Å². The van der Waals surface area contributed by atoms with Gasteiger partial charge in [-0.1, -0.05) is 19.9 Å². The molecule has 3 heteroatoms. The van der Waals surface area contributed by atoms with Crippen molar-refractivity contribution >= 4 is 15.9 Å². The molecule has 0 aromatic heterocycles. The molecule has 1 aliphatic carbocycles. The normalized spacial score (nSPS) is 24.0. The second kappa shape index (κ2) is 6.16. The highest BCUT2D eigenvalue weighted by molar-refractivity contribution is 9.10. The summed E-state index contributed by atoms with van der Waals surface area (Å²) in [6.07, 6.45) is 3.47. The SMILES string of the molecule is CCCNC(Cc1ccc(F)c(Br)c1)C1CC1C. The smallest absolute Gasteiger partial charge is 0.137 e. The first kappa shape index (κ1) is 14.0. The van der Waals surface area contributed by atoms with Gasteiger partial charge >= 0.3 is 0 Å². The summed E-state index contributed by atoms with van der Waals surface area (Å²) in [6, 6.07) is 5.89. The lowest BCUT2D eigenvalue weighted by atomic mass is 10.0. The van der Waals surface area contributed by atoms with Gasteiger partial charge in [0.1, 0.15) is 5.82 Å². The van der Waals surface area contributed by atoms with Crippen LogP contribution in [0.1, 0.15) is 32.3 Å². The molecule has 3 unspecified atom stereocenters. The Labute approximate surface area is 117 Å². The molecule has 0 spiro atoms. The summed E-state index contributed by atoms with van der Waals surface area (Å²) in [7, 11) is 0. The molecule has 2 rings (SSSR count). The molecule has 18 heavy (non-hydrogen) atoms. The monoisotopic (exact) mass is 313 g/mol. The van der Waals surface area contributed by atoms with Crippen LogP contribution >= 0.6 is 15.9 Å². The van der Waals surface area contributed by atoms with Crippen molar-refractivity contribution in [3.8, 4) is 0 Å². The van der Waals surface area contributed by atoms with Crippen LogP contribution in [0, 0.1) is 17.7 Å². The third-order valence-corrected chi connectivity index (χ3v) is 4.39. The molecule has 0 bridgehead atoms. The second-order valence-corrected chi connectivity index (χ2v) is 6.24. The van der Waals surface area contributed by atoms with E-state index < -0.39 is 0 Å². The van der Waals surface area contributed by atoms with E-state index in [2.05, 4.69) is 35.1 Å². The van der Waals surface area contributed by atoms with Gasteiger partial charge in [0, 0.05) is 6.04 Å². The summed E-state index contributed by atoms with van der Waals surface area (Å²) in [5, 5.41) is 3.64. The number of nitrogens with one attached hydrogen (secondary N) is 1. The van der Waals surface area contributed by atoms with Gasteiger partial charge in [-0.05, 0) is 71.3 Å². The van der Waals surface area contributed by atoms with Gasteiger partial charge in [0.25, 0.3) is 0 Å². The minimum Gasteiger partial charge on any atom is -0.313 e. The van der Waals surface area contributed by atoms with E-state index in [1.807, 2.05) is 12.1 Å². The predicted molar refractivity (Wildman–Crippen MR) is 77.2 cm³/mol. The molecule has 1 saturated carbocycles. The van der Waals surface area contributed by atoms with E-state index in [4.69, 9.17) is 0 Å². The highest BCUT2D eigenvalue weighted by Gasteiger charge is 2.38. The first-order valence-corrected chi connectivity index (χ1v) is 7.58. The van der Waals surface area contributed by atoms with Crippen molar-refractivity contribution in [3.05, 3.63) is 34.1 Å². The zero-order valence-corrected chi connectivity index (χ0v) is 12.6. The van der Waals surface area contributed by atoms with E-state index in [-0.39, 0.29) is 5.82 Å². The van der Waals surface area contributed by atoms with E-state index >= 15 is 0 Å². The van der Waals surface area contributed by atoms with Crippen LogP contribution in [0.25, 0.3) is 0 Å². The van der Waals surface area contributed by atoms with Crippen LogP contribution in [0.15, 0.2) is 22.7 Å². The Bertz CT molecular complexity index is 407. The fourth-order valence-corrected chi connectivity index (χ4v) is 2.96. The van der Waals surface area contributed by atoms with Gasteiger partial charge < -0.3 is 5.32 Å². The van der Waals surface area contributed by atoms with Crippen molar-refractivity contribution in [1.82, 2.24) is 5.32 Å².